The Morgan fingerprint density at radius 1 is 0.800 bits per heavy atom. The van der Waals surface area contributed by atoms with Gasteiger partial charge in [-0.3, -0.25) is 4.57 Å². The fraction of sp³-hybridized carbons (Fsp3) is 0.395. The van der Waals surface area contributed by atoms with Crippen molar-refractivity contribution in [2.75, 3.05) is 33.3 Å². The number of imidazole rings is 1. The number of fused-ring (bicyclic) bond motifs is 1. The van der Waals surface area contributed by atoms with Crippen LogP contribution in [0.4, 0.5) is 5.82 Å². The summed E-state index contributed by atoms with van der Waals surface area (Å²) in [6, 6.07) is 26.2. The van der Waals surface area contributed by atoms with Crippen molar-refractivity contribution in [2.45, 2.75) is 69.0 Å². The van der Waals surface area contributed by atoms with Crippen molar-refractivity contribution >= 4 is 25.3 Å². The van der Waals surface area contributed by atoms with Gasteiger partial charge in [-0.1, -0.05) is 75.4 Å². The van der Waals surface area contributed by atoms with E-state index in [-0.39, 0.29) is 11.6 Å². The predicted octanol–water partition coefficient (Wildman–Crippen LogP) is 6.54. The highest BCUT2D eigenvalue weighted by atomic mass is 28.4. The summed E-state index contributed by atoms with van der Waals surface area (Å²) in [5.74, 6) is 2.01. The summed E-state index contributed by atoms with van der Waals surface area (Å²) in [6.45, 7) is 10.7. The van der Waals surface area contributed by atoms with E-state index in [4.69, 9.17) is 38.3 Å². The number of aliphatic hydroxyl groups is 1. The molecular weight excluding hydrogens is 651 g/mol. The fourth-order valence-corrected chi connectivity index (χ4v) is 7.69. The summed E-state index contributed by atoms with van der Waals surface area (Å²) >= 11 is 0. The van der Waals surface area contributed by atoms with Crippen LogP contribution in [0.2, 0.25) is 18.1 Å². The topological polar surface area (TPSA) is 122 Å². The van der Waals surface area contributed by atoms with Crippen LogP contribution in [0, 0.1) is 0 Å². The summed E-state index contributed by atoms with van der Waals surface area (Å²) in [4.78, 5) is 14.4. The van der Waals surface area contributed by atoms with Crippen LogP contribution in [0.5, 0.6) is 11.5 Å². The molecular formula is C38H47N5O6Si. The highest BCUT2D eigenvalue weighted by Crippen LogP contribution is 2.45. The number of aliphatic hydroxyl groups excluding tert-OH is 1. The smallest absolute Gasteiger partial charge is 0.192 e. The molecule has 1 aliphatic rings. The lowest BCUT2D eigenvalue weighted by Gasteiger charge is -2.40. The summed E-state index contributed by atoms with van der Waals surface area (Å²) < 4.78 is 32.3. The van der Waals surface area contributed by atoms with Gasteiger partial charge in [0.2, 0.25) is 0 Å². The Bertz CT molecular complexity index is 1830. The van der Waals surface area contributed by atoms with Gasteiger partial charge in [-0.2, -0.15) is 0 Å². The van der Waals surface area contributed by atoms with Crippen molar-refractivity contribution < 1.29 is 28.5 Å². The van der Waals surface area contributed by atoms with Gasteiger partial charge in [-0.05, 0) is 59.1 Å². The number of hydrogen-bond donors (Lipinski definition) is 2. The Hall–Kier alpha value is -4.33. The van der Waals surface area contributed by atoms with Crippen LogP contribution in [0.15, 0.2) is 91.5 Å². The average molecular weight is 698 g/mol. The third-order valence-corrected chi connectivity index (χ3v) is 14.6. The van der Waals surface area contributed by atoms with Crippen LogP contribution in [0.25, 0.3) is 11.2 Å². The number of anilines is 1. The number of rotatable bonds is 12. The van der Waals surface area contributed by atoms with Crippen LogP contribution in [-0.2, 0) is 19.4 Å². The van der Waals surface area contributed by atoms with Gasteiger partial charge in [0.1, 0.15) is 41.7 Å². The van der Waals surface area contributed by atoms with E-state index in [0.29, 0.717) is 17.0 Å². The van der Waals surface area contributed by atoms with Crippen molar-refractivity contribution in [3.8, 4) is 11.5 Å². The van der Waals surface area contributed by atoms with Crippen LogP contribution in [-0.4, -0.2) is 79.2 Å². The SMILES string of the molecule is COc1ccc(C(Nc2ncnc3c2ncn3[C@@H]2O[C@H](CO)[C@@H](OC)[C@H]2O[Si](C)(C)C(C)(C)C)(c2ccccc2)c2ccc(OC)cc2)cc1. The zero-order chi connectivity index (χ0) is 35.7. The highest BCUT2D eigenvalue weighted by molar-refractivity contribution is 6.74. The first kappa shape index (κ1) is 35.5. The van der Waals surface area contributed by atoms with Gasteiger partial charge in [-0.15, -0.1) is 0 Å². The highest BCUT2D eigenvalue weighted by Gasteiger charge is 2.51. The van der Waals surface area contributed by atoms with E-state index in [9.17, 15) is 5.11 Å². The zero-order valence-corrected chi connectivity index (χ0v) is 31.0. The van der Waals surface area contributed by atoms with Crippen LogP contribution in [0.1, 0.15) is 43.7 Å². The molecule has 50 heavy (non-hydrogen) atoms. The Labute approximate surface area is 294 Å². The monoisotopic (exact) mass is 697 g/mol. The summed E-state index contributed by atoms with van der Waals surface area (Å²) in [7, 11) is 2.64. The maximum Gasteiger partial charge on any atom is 0.192 e. The first-order valence-corrected chi connectivity index (χ1v) is 19.7. The minimum Gasteiger partial charge on any atom is -0.497 e. The first-order valence-electron chi connectivity index (χ1n) is 16.7. The minimum atomic E-state index is -2.30. The molecule has 0 spiro atoms. The fourth-order valence-electron chi connectivity index (χ4n) is 6.40. The molecule has 1 saturated heterocycles. The van der Waals surface area contributed by atoms with E-state index in [1.807, 2.05) is 47.0 Å². The molecule has 3 aromatic carbocycles. The Morgan fingerprint density at radius 3 is 1.90 bits per heavy atom. The Balaban J connectivity index is 1.51. The van der Waals surface area contributed by atoms with E-state index in [2.05, 4.69) is 75.6 Å². The molecule has 0 amide bonds. The zero-order valence-electron chi connectivity index (χ0n) is 30.0. The minimum absolute atomic E-state index is 0.0624. The van der Waals surface area contributed by atoms with Gasteiger partial charge < -0.3 is 33.8 Å². The van der Waals surface area contributed by atoms with Gasteiger partial charge in [0.05, 0.1) is 27.2 Å². The molecule has 6 rings (SSSR count). The lowest BCUT2D eigenvalue weighted by molar-refractivity contribution is -0.0530. The maximum atomic E-state index is 10.3. The lowest BCUT2D eigenvalue weighted by atomic mass is 9.77. The molecule has 3 heterocycles. The molecule has 1 fully saturated rings. The van der Waals surface area contributed by atoms with Crippen molar-refractivity contribution in [3.05, 3.63) is 108 Å². The molecule has 0 aliphatic carbocycles. The van der Waals surface area contributed by atoms with Crippen molar-refractivity contribution in [2.24, 2.45) is 0 Å². The molecule has 2 N–H and O–H groups in total. The molecule has 4 atom stereocenters. The molecule has 2 aromatic heterocycles. The van der Waals surface area contributed by atoms with Crippen LogP contribution < -0.4 is 14.8 Å². The predicted molar refractivity (Wildman–Crippen MR) is 195 cm³/mol. The number of aromatic nitrogens is 4. The summed E-state index contributed by atoms with van der Waals surface area (Å²) in [6.07, 6.45) is 0.981. The Morgan fingerprint density at radius 2 is 1.38 bits per heavy atom. The second-order valence-corrected chi connectivity index (χ2v) is 18.8. The number of methoxy groups -OCH3 is 3. The number of ether oxygens (including phenoxy) is 4. The first-order chi connectivity index (χ1) is 24.0. The second kappa shape index (κ2) is 14.1. The second-order valence-electron chi connectivity index (χ2n) is 14.0. The van der Waals surface area contributed by atoms with Crippen molar-refractivity contribution in [3.63, 3.8) is 0 Å². The summed E-state index contributed by atoms with van der Waals surface area (Å²) in [5.41, 5.74) is 3.07. The van der Waals surface area contributed by atoms with E-state index in [1.54, 1.807) is 27.7 Å². The average Bonchev–Trinajstić information content (AvgIpc) is 3.71. The van der Waals surface area contributed by atoms with Gasteiger partial charge in [0, 0.05) is 7.11 Å². The van der Waals surface area contributed by atoms with Crippen molar-refractivity contribution in [1.82, 2.24) is 19.5 Å². The van der Waals surface area contributed by atoms with Crippen molar-refractivity contribution in [1.29, 1.82) is 0 Å². The number of nitrogens with one attached hydrogen (secondary N) is 1. The van der Waals surface area contributed by atoms with Crippen LogP contribution in [0.3, 0.4) is 0 Å². The number of hydrogen-bond acceptors (Lipinski definition) is 10. The third-order valence-electron chi connectivity index (χ3n) is 10.2. The normalized spacial score (nSPS) is 19.9. The maximum absolute atomic E-state index is 10.3. The standard InChI is InChI=1S/C38H47N5O6Si/c1-37(2,3)50(7,8)49-33-32(47-6)30(22-44)48-36(33)43-24-41-31-34(39-23-40-35(31)43)42-38(25-12-10-9-11-13-25,26-14-18-28(45-4)19-15-26)27-16-20-29(46-5)21-17-27/h9-21,23-24,30,32-33,36,44H,22H2,1-8H3,(H,39,40,42)/t30-,32-,33-,36-/m1/s1. The molecule has 0 radical (unpaired) electrons. The quantitative estimate of drug-likeness (QED) is 0.110. The molecule has 5 aromatic rings. The van der Waals surface area contributed by atoms with E-state index in [1.165, 1.54) is 6.33 Å². The Kier molecular flexibility index (Phi) is 10.0. The van der Waals surface area contributed by atoms with Crippen LogP contribution >= 0.6 is 0 Å². The van der Waals surface area contributed by atoms with E-state index in [0.717, 1.165) is 28.2 Å². The largest absolute Gasteiger partial charge is 0.497 e. The molecule has 0 saturated carbocycles. The van der Waals surface area contributed by atoms with Gasteiger partial charge in [-0.25, -0.2) is 15.0 Å². The number of nitrogens with zero attached hydrogens (tertiary/aromatic N) is 4. The molecule has 264 valence electrons. The van der Waals surface area contributed by atoms with E-state index >= 15 is 0 Å². The molecule has 1 aliphatic heterocycles. The summed E-state index contributed by atoms with van der Waals surface area (Å²) in [5, 5.41) is 14.1. The van der Waals surface area contributed by atoms with Gasteiger partial charge in [0.25, 0.3) is 0 Å². The molecule has 0 unspecified atom stereocenters. The van der Waals surface area contributed by atoms with E-state index < -0.39 is 38.4 Å². The van der Waals surface area contributed by atoms with Gasteiger partial charge >= 0.3 is 0 Å². The van der Waals surface area contributed by atoms with Gasteiger partial charge in [0.15, 0.2) is 31.5 Å². The molecule has 0 bridgehead atoms. The third kappa shape index (κ3) is 6.38. The molecule has 11 nitrogen and oxygen atoms in total. The number of benzene rings is 3. The molecule has 12 heteroatoms. The lowest BCUT2D eigenvalue weighted by Crippen LogP contribution is -2.49.